The molecular weight excluding hydrogens is 258 g/mol. The maximum absolute atomic E-state index is 6.47. The highest BCUT2D eigenvalue weighted by atomic mass is 15.2. The third-order valence-electron chi connectivity index (χ3n) is 3.88. The molecular formula is C18H27N3. The Morgan fingerprint density at radius 2 is 1.62 bits per heavy atom. The summed E-state index contributed by atoms with van der Waals surface area (Å²) in [5.74, 6) is 1.82. The van der Waals surface area contributed by atoms with Crippen LogP contribution in [0.15, 0.2) is 12.1 Å². The number of benzene rings is 1. The molecule has 0 spiro atoms. The minimum Gasteiger partial charge on any atom is -0.383 e. The van der Waals surface area contributed by atoms with Gasteiger partial charge in [0.2, 0.25) is 0 Å². The largest absolute Gasteiger partial charge is 0.383 e. The van der Waals surface area contributed by atoms with E-state index in [-0.39, 0.29) is 5.54 Å². The highest BCUT2D eigenvalue weighted by Crippen LogP contribution is 2.35. The lowest BCUT2D eigenvalue weighted by Crippen LogP contribution is -2.25. The maximum atomic E-state index is 6.47. The molecule has 1 aromatic heterocycles. The first-order valence-electron chi connectivity index (χ1n) is 7.62. The number of hydrogen-bond acceptors (Lipinski definition) is 2. The first-order chi connectivity index (χ1) is 9.66. The summed E-state index contributed by atoms with van der Waals surface area (Å²) in [5.41, 5.74) is 12.3. The van der Waals surface area contributed by atoms with Crippen molar-refractivity contribution in [1.82, 2.24) is 9.55 Å². The predicted octanol–water partition coefficient (Wildman–Crippen LogP) is 4.37. The molecule has 21 heavy (non-hydrogen) atoms. The van der Waals surface area contributed by atoms with Crippen molar-refractivity contribution < 1.29 is 0 Å². The van der Waals surface area contributed by atoms with Crippen molar-refractivity contribution >= 4 is 5.82 Å². The summed E-state index contributed by atoms with van der Waals surface area (Å²) in [5, 5.41) is 0. The zero-order chi connectivity index (χ0) is 15.9. The van der Waals surface area contributed by atoms with Crippen molar-refractivity contribution in [1.29, 1.82) is 0 Å². The molecule has 0 aliphatic rings. The number of imidazole rings is 1. The fourth-order valence-corrected chi connectivity index (χ4v) is 3.20. The highest BCUT2D eigenvalue weighted by Gasteiger charge is 2.25. The van der Waals surface area contributed by atoms with Crippen LogP contribution in [-0.2, 0) is 12.0 Å². The molecule has 1 aromatic carbocycles. The molecule has 0 saturated heterocycles. The van der Waals surface area contributed by atoms with Crippen molar-refractivity contribution in [3.63, 3.8) is 0 Å². The predicted molar refractivity (Wildman–Crippen MR) is 90.7 cm³/mol. The molecule has 3 heteroatoms. The monoisotopic (exact) mass is 285 g/mol. The molecule has 0 amide bonds. The summed E-state index contributed by atoms with van der Waals surface area (Å²) in [4.78, 5) is 4.85. The van der Waals surface area contributed by atoms with Crippen LogP contribution in [-0.4, -0.2) is 9.55 Å². The SMILES string of the molecule is CCc1nc(-c2c(C)cc(C)cc2C)c(N)n1C(C)(C)C. The van der Waals surface area contributed by atoms with E-state index in [0.29, 0.717) is 0 Å². The van der Waals surface area contributed by atoms with E-state index in [0.717, 1.165) is 23.8 Å². The molecule has 0 unspecified atom stereocenters. The van der Waals surface area contributed by atoms with Crippen LogP contribution in [0.4, 0.5) is 5.82 Å². The van der Waals surface area contributed by atoms with Gasteiger partial charge in [-0.1, -0.05) is 24.6 Å². The van der Waals surface area contributed by atoms with Gasteiger partial charge in [0.05, 0.1) is 0 Å². The van der Waals surface area contributed by atoms with E-state index in [1.807, 2.05) is 0 Å². The van der Waals surface area contributed by atoms with E-state index >= 15 is 0 Å². The van der Waals surface area contributed by atoms with E-state index in [9.17, 15) is 0 Å². The average molecular weight is 285 g/mol. The molecule has 0 atom stereocenters. The van der Waals surface area contributed by atoms with Gasteiger partial charge in [0.1, 0.15) is 17.3 Å². The van der Waals surface area contributed by atoms with Gasteiger partial charge in [-0.25, -0.2) is 4.98 Å². The van der Waals surface area contributed by atoms with Crippen LogP contribution in [0.3, 0.4) is 0 Å². The minimum atomic E-state index is -0.0623. The Bertz CT molecular complexity index is 649. The first-order valence-corrected chi connectivity index (χ1v) is 7.62. The quantitative estimate of drug-likeness (QED) is 0.890. The molecule has 2 rings (SSSR count). The first kappa shape index (κ1) is 15.6. The molecule has 0 bridgehead atoms. The number of nitrogen functional groups attached to an aromatic ring is 1. The lowest BCUT2D eigenvalue weighted by Gasteiger charge is -2.25. The fourth-order valence-electron chi connectivity index (χ4n) is 3.20. The topological polar surface area (TPSA) is 43.8 Å². The second-order valence-electron chi connectivity index (χ2n) is 6.90. The number of aryl methyl sites for hydroxylation is 4. The van der Waals surface area contributed by atoms with Gasteiger partial charge in [-0.3, -0.25) is 0 Å². The Morgan fingerprint density at radius 3 is 2.00 bits per heavy atom. The number of nitrogens with two attached hydrogens (primary N) is 1. The zero-order valence-electron chi connectivity index (χ0n) is 14.3. The Labute approximate surface area is 128 Å². The van der Waals surface area contributed by atoms with Gasteiger partial charge < -0.3 is 10.3 Å². The van der Waals surface area contributed by atoms with E-state index in [1.54, 1.807) is 0 Å². The van der Waals surface area contributed by atoms with E-state index in [4.69, 9.17) is 10.7 Å². The van der Waals surface area contributed by atoms with Gasteiger partial charge in [0.25, 0.3) is 0 Å². The van der Waals surface area contributed by atoms with Gasteiger partial charge in [-0.05, 0) is 52.7 Å². The molecule has 0 fully saturated rings. The third-order valence-corrected chi connectivity index (χ3v) is 3.88. The molecule has 2 aromatic rings. The Balaban J connectivity index is 2.75. The van der Waals surface area contributed by atoms with E-state index in [1.165, 1.54) is 22.3 Å². The smallest absolute Gasteiger partial charge is 0.132 e. The van der Waals surface area contributed by atoms with Crippen molar-refractivity contribution in [2.24, 2.45) is 0 Å². The molecule has 0 radical (unpaired) electrons. The fraction of sp³-hybridized carbons (Fsp3) is 0.500. The van der Waals surface area contributed by atoms with Crippen LogP contribution in [0, 0.1) is 20.8 Å². The summed E-state index contributed by atoms with van der Waals surface area (Å²) >= 11 is 0. The van der Waals surface area contributed by atoms with Gasteiger partial charge in [-0.2, -0.15) is 0 Å². The molecule has 1 heterocycles. The van der Waals surface area contributed by atoms with Crippen LogP contribution in [0.1, 0.15) is 50.2 Å². The molecule has 114 valence electrons. The normalized spacial score (nSPS) is 12.0. The maximum Gasteiger partial charge on any atom is 0.132 e. The van der Waals surface area contributed by atoms with Crippen molar-refractivity contribution in [3.8, 4) is 11.3 Å². The lowest BCUT2D eigenvalue weighted by molar-refractivity contribution is 0.389. The number of nitrogens with zero attached hydrogens (tertiary/aromatic N) is 2. The Kier molecular flexibility index (Phi) is 3.87. The van der Waals surface area contributed by atoms with Crippen molar-refractivity contribution in [3.05, 3.63) is 34.6 Å². The van der Waals surface area contributed by atoms with Crippen LogP contribution in [0.5, 0.6) is 0 Å². The Morgan fingerprint density at radius 1 is 1.10 bits per heavy atom. The number of anilines is 1. The minimum absolute atomic E-state index is 0.0623. The standard InChI is InChI=1S/C18H27N3/c1-8-14-20-16(17(19)21(14)18(5,6)7)15-12(3)9-11(2)10-13(15)4/h9-10H,8,19H2,1-7H3. The number of rotatable bonds is 2. The van der Waals surface area contributed by atoms with Gasteiger partial charge in [0.15, 0.2) is 0 Å². The molecule has 2 N–H and O–H groups in total. The second kappa shape index (κ2) is 5.21. The van der Waals surface area contributed by atoms with Crippen LogP contribution < -0.4 is 5.73 Å². The van der Waals surface area contributed by atoms with E-state index < -0.39 is 0 Å². The van der Waals surface area contributed by atoms with E-state index in [2.05, 4.69) is 65.2 Å². The van der Waals surface area contributed by atoms with Crippen molar-refractivity contribution in [2.45, 2.75) is 60.4 Å². The summed E-state index contributed by atoms with van der Waals surface area (Å²) in [7, 11) is 0. The van der Waals surface area contributed by atoms with Crippen LogP contribution in [0.2, 0.25) is 0 Å². The number of aromatic nitrogens is 2. The molecule has 0 saturated carbocycles. The molecule has 0 aliphatic carbocycles. The second-order valence-corrected chi connectivity index (χ2v) is 6.90. The van der Waals surface area contributed by atoms with Crippen LogP contribution >= 0.6 is 0 Å². The van der Waals surface area contributed by atoms with Crippen LogP contribution in [0.25, 0.3) is 11.3 Å². The highest BCUT2D eigenvalue weighted by molar-refractivity contribution is 5.77. The van der Waals surface area contributed by atoms with Gasteiger partial charge >= 0.3 is 0 Å². The molecule has 3 nitrogen and oxygen atoms in total. The number of hydrogen-bond donors (Lipinski definition) is 1. The van der Waals surface area contributed by atoms with Crippen molar-refractivity contribution in [2.75, 3.05) is 5.73 Å². The summed E-state index contributed by atoms with van der Waals surface area (Å²) in [6.45, 7) is 15.0. The molecule has 0 aliphatic heterocycles. The zero-order valence-corrected chi connectivity index (χ0v) is 14.3. The Hall–Kier alpha value is -1.77. The van der Waals surface area contributed by atoms with Gasteiger partial charge in [0, 0.05) is 17.5 Å². The summed E-state index contributed by atoms with van der Waals surface area (Å²) in [6, 6.07) is 4.40. The lowest BCUT2D eigenvalue weighted by atomic mass is 9.97. The summed E-state index contributed by atoms with van der Waals surface area (Å²) < 4.78 is 2.17. The van der Waals surface area contributed by atoms with Gasteiger partial charge in [-0.15, -0.1) is 0 Å². The summed E-state index contributed by atoms with van der Waals surface area (Å²) in [6.07, 6.45) is 0.880. The third kappa shape index (κ3) is 2.69. The average Bonchev–Trinajstić information content (AvgIpc) is 2.65.